The van der Waals surface area contributed by atoms with Gasteiger partial charge in [-0.15, -0.1) is 0 Å². The van der Waals surface area contributed by atoms with Crippen LogP contribution < -0.4 is 0 Å². The van der Waals surface area contributed by atoms with Gasteiger partial charge in [-0.25, -0.2) is 5.06 Å². The van der Waals surface area contributed by atoms with Crippen molar-refractivity contribution in [3.05, 3.63) is 0 Å². The summed E-state index contributed by atoms with van der Waals surface area (Å²) in [6, 6.07) is -0.261. The summed E-state index contributed by atoms with van der Waals surface area (Å²) in [5, 5.41) is 1.37. The van der Waals surface area contributed by atoms with Gasteiger partial charge in [0.05, 0.1) is 19.3 Å². The number of nitrogens with zero attached hydrogens (tertiary/aromatic N) is 1. The minimum Gasteiger partial charge on any atom is -0.379 e. The summed E-state index contributed by atoms with van der Waals surface area (Å²) in [4.78, 5) is 17.1. The maximum atomic E-state index is 11.6. The predicted octanol–water partition coefficient (Wildman–Crippen LogP) is 0.705. The molecule has 2 aliphatic rings. The van der Waals surface area contributed by atoms with Crippen LogP contribution in [0.2, 0.25) is 0 Å². The molecule has 0 aromatic heterocycles. The minimum absolute atomic E-state index is 0.0925. The van der Waals surface area contributed by atoms with E-state index in [4.69, 9.17) is 19.0 Å². The molecule has 2 heterocycles. The number of carbonyl (C=O) groups is 1. The van der Waals surface area contributed by atoms with Crippen LogP contribution in [0.5, 0.6) is 0 Å². The molecule has 0 aromatic carbocycles. The van der Waals surface area contributed by atoms with Crippen LogP contribution in [-0.4, -0.2) is 55.3 Å². The van der Waals surface area contributed by atoms with Crippen molar-refractivity contribution in [3.8, 4) is 0 Å². The summed E-state index contributed by atoms with van der Waals surface area (Å²) in [5.74, 6) is -0.766. The highest BCUT2D eigenvalue weighted by atomic mass is 16.8. The van der Waals surface area contributed by atoms with Crippen molar-refractivity contribution in [2.45, 2.75) is 51.2 Å². The SMILES string of the molecule is CO[C@H]1CCON(C(C)=O)[C@H]1[C@@H]1COC(C)(C)O1. The third-order valence-electron chi connectivity index (χ3n) is 3.31. The first kappa shape index (κ1) is 13.7. The molecule has 2 rings (SSSR count). The van der Waals surface area contributed by atoms with Crippen molar-refractivity contribution >= 4 is 5.91 Å². The zero-order chi connectivity index (χ0) is 13.3. The normalized spacial score (nSPS) is 35.8. The molecule has 0 saturated carbocycles. The average Bonchev–Trinajstić information content (AvgIpc) is 2.68. The van der Waals surface area contributed by atoms with Gasteiger partial charge in [-0.05, 0) is 13.8 Å². The van der Waals surface area contributed by atoms with Crippen LogP contribution in [0.1, 0.15) is 27.2 Å². The van der Waals surface area contributed by atoms with Gasteiger partial charge in [0.15, 0.2) is 5.79 Å². The molecule has 0 bridgehead atoms. The highest BCUT2D eigenvalue weighted by Crippen LogP contribution is 2.31. The summed E-state index contributed by atoms with van der Waals surface area (Å²) in [6.07, 6.45) is 0.421. The first-order valence-corrected chi connectivity index (χ1v) is 6.22. The topological polar surface area (TPSA) is 57.2 Å². The van der Waals surface area contributed by atoms with Gasteiger partial charge in [-0.3, -0.25) is 9.63 Å². The van der Waals surface area contributed by atoms with Crippen LogP contribution in [-0.2, 0) is 23.8 Å². The molecule has 104 valence electrons. The average molecular weight is 259 g/mol. The van der Waals surface area contributed by atoms with Crippen LogP contribution in [0, 0.1) is 0 Å². The Kier molecular flexibility index (Phi) is 3.91. The van der Waals surface area contributed by atoms with Gasteiger partial charge in [0.1, 0.15) is 12.1 Å². The number of ether oxygens (including phenoxy) is 3. The van der Waals surface area contributed by atoms with Crippen molar-refractivity contribution in [1.82, 2.24) is 5.06 Å². The molecule has 0 aromatic rings. The van der Waals surface area contributed by atoms with Crippen LogP contribution in [0.15, 0.2) is 0 Å². The van der Waals surface area contributed by atoms with E-state index in [1.54, 1.807) is 7.11 Å². The van der Waals surface area contributed by atoms with E-state index in [-0.39, 0.29) is 24.2 Å². The fourth-order valence-electron chi connectivity index (χ4n) is 2.51. The molecule has 1 amide bonds. The summed E-state index contributed by atoms with van der Waals surface area (Å²) < 4.78 is 16.8. The predicted molar refractivity (Wildman–Crippen MR) is 62.6 cm³/mol. The highest BCUT2D eigenvalue weighted by Gasteiger charge is 2.46. The molecular weight excluding hydrogens is 238 g/mol. The lowest BCUT2D eigenvalue weighted by molar-refractivity contribution is -0.257. The lowest BCUT2D eigenvalue weighted by atomic mass is 10.0. The minimum atomic E-state index is -0.622. The van der Waals surface area contributed by atoms with Gasteiger partial charge in [0.2, 0.25) is 5.91 Å². The molecule has 6 nitrogen and oxygen atoms in total. The molecule has 2 aliphatic heterocycles. The summed E-state index contributed by atoms with van der Waals surface area (Å²) in [6.45, 7) is 6.11. The van der Waals surface area contributed by atoms with Gasteiger partial charge in [-0.1, -0.05) is 0 Å². The summed E-state index contributed by atoms with van der Waals surface area (Å²) in [5.41, 5.74) is 0. The van der Waals surface area contributed by atoms with E-state index >= 15 is 0 Å². The smallest absolute Gasteiger partial charge is 0.243 e. The number of methoxy groups -OCH3 is 1. The molecule has 0 aliphatic carbocycles. The lowest BCUT2D eigenvalue weighted by Crippen LogP contribution is -2.57. The van der Waals surface area contributed by atoms with Crippen molar-refractivity contribution in [2.24, 2.45) is 0 Å². The molecule has 6 heteroatoms. The zero-order valence-corrected chi connectivity index (χ0v) is 11.3. The van der Waals surface area contributed by atoms with E-state index in [2.05, 4.69) is 0 Å². The standard InChI is InChI=1S/C12H21NO5/c1-8(14)13-11(9(15-4)5-6-17-13)10-7-16-12(2,3)18-10/h9-11H,5-7H2,1-4H3/t9-,10-,11+/m0/s1. The maximum Gasteiger partial charge on any atom is 0.243 e. The Balaban J connectivity index is 2.16. The molecule has 0 N–H and O–H groups in total. The van der Waals surface area contributed by atoms with Crippen LogP contribution >= 0.6 is 0 Å². The second-order valence-corrected chi connectivity index (χ2v) is 5.10. The summed E-state index contributed by atoms with van der Waals surface area (Å²) in [7, 11) is 1.64. The van der Waals surface area contributed by atoms with E-state index in [0.29, 0.717) is 13.2 Å². The quantitative estimate of drug-likeness (QED) is 0.731. The largest absolute Gasteiger partial charge is 0.379 e. The van der Waals surface area contributed by atoms with Gasteiger partial charge in [0.25, 0.3) is 0 Å². The van der Waals surface area contributed by atoms with Crippen LogP contribution in [0.3, 0.4) is 0 Å². The Morgan fingerprint density at radius 2 is 2.17 bits per heavy atom. The molecule has 18 heavy (non-hydrogen) atoms. The Labute approximate surface area is 107 Å². The van der Waals surface area contributed by atoms with Crippen molar-refractivity contribution < 1.29 is 23.8 Å². The molecule has 0 spiro atoms. The number of amides is 1. The second-order valence-electron chi connectivity index (χ2n) is 5.10. The van der Waals surface area contributed by atoms with E-state index < -0.39 is 5.79 Å². The molecule has 0 radical (unpaired) electrons. The fourth-order valence-corrected chi connectivity index (χ4v) is 2.51. The fraction of sp³-hybridized carbons (Fsp3) is 0.917. The molecule has 2 fully saturated rings. The van der Waals surface area contributed by atoms with Gasteiger partial charge in [0, 0.05) is 20.5 Å². The molecule has 2 saturated heterocycles. The van der Waals surface area contributed by atoms with Crippen molar-refractivity contribution in [3.63, 3.8) is 0 Å². The number of hydrogen-bond acceptors (Lipinski definition) is 5. The maximum absolute atomic E-state index is 11.6. The number of carbonyl (C=O) groups excluding carboxylic acids is 1. The third-order valence-corrected chi connectivity index (χ3v) is 3.31. The van der Waals surface area contributed by atoms with Gasteiger partial charge < -0.3 is 14.2 Å². The molecular formula is C12H21NO5. The number of hydroxylamine groups is 2. The van der Waals surface area contributed by atoms with E-state index in [1.807, 2.05) is 13.8 Å². The first-order chi connectivity index (χ1) is 8.44. The lowest BCUT2D eigenvalue weighted by Gasteiger charge is -2.41. The van der Waals surface area contributed by atoms with E-state index in [9.17, 15) is 4.79 Å². The Hall–Kier alpha value is -0.690. The van der Waals surface area contributed by atoms with Gasteiger partial charge >= 0.3 is 0 Å². The Morgan fingerprint density at radius 1 is 1.44 bits per heavy atom. The van der Waals surface area contributed by atoms with Crippen LogP contribution in [0.4, 0.5) is 0 Å². The van der Waals surface area contributed by atoms with Crippen molar-refractivity contribution in [2.75, 3.05) is 20.3 Å². The Morgan fingerprint density at radius 3 is 2.67 bits per heavy atom. The monoisotopic (exact) mass is 259 g/mol. The zero-order valence-electron chi connectivity index (χ0n) is 11.3. The second kappa shape index (κ2) is 5.13. The highest BCUT2D eigenvalue weighted by molar-refractivity contribution is 5.72. The third kappa shape index (κ3) is 2.66. The van der Waals surface area contributed by atoms with Crippen LogP contribution in [0.25, 0.3) is 0 Å². The van der Waals surface area contributed by atoms with E-state index in [1.165, 1.54) is 12.0 Å². The number of rotatable bonds is 2. The molecule has 0 unspecified atom stereocenters. The van der Waals surface area contributed by atoms with Gasteiger partial charge in [-0.2, -0.15) is 0 Å². The van der Waals surface area contributed by atoms with E-state index in [0.717, 1.165) is 6.42 Å². The summed E-state index contributed by atoms with van der Waals surface area (Å²) >= 11 is 0. The van der Waals surface area contributed by atoms with Crippen molar-refractivity contribution in [1.29, 1.82) is 0 Å². The number of hydrogen-bond donors (Lipinski definition) is 0. The Bertz CT molecular complexity index is 320. The first-order valence-electron chi connectivity index (χ1n) is 6.22. The molecule has 3 atom stereocenters.